The van der Waals surface area contributed by atoms with Crippen LogP contribution in [-0.2, 0) is 35.6 Å². The monoisotopic (exact) mass is 589 g/mol. The predicted octanol–water partition coefficient (Wildman–Crippen LogP) is 5.94. The number of ketones is 1. The SMILES string of the molecule is CC(C)N1Cc2c(nc(C(=O)c3ccc(Br)cc3F)n2Cc2ccccc2)C[C@H]1C(=O)OCc1ccccc1. The number of aromatic nitrogens is 2. The molecule has 0 unspecified atom stereocenters. The fourth-order valence-corrected chi connectivity index (χ4v) is 5.28. The van der Waals surface area contributed by atoms with Crippen LogP contribution in [-0.4, -0.2) is 38.3 Å². The molecule has 39 heavy (non-hydrogen) atoms. The van der Waals surface area contributed by atoms with Crippen LogP contribution in [0.4, 0.5) is 4.39 Å². The molecule has 6 nitrogen and oxygen atoms in total. The fraction of sp³-hybridized carbons (Fsp3) is 0.258. The maximum absolute atomic E-state index is 14.8. The number of carbonyl (C=O) groups excluding carboxylic acids is 2. The molecule has 3 aromatic carbocycles. The van der Waals surface area contributed by atoms with Gasteiger partial charge in [0.05, 0.1) is 17.0 Å². The van der Waals surface area contributed by atoms with Crippen LogP contribution in [0.1, 0.15) is 52.5 Å². The zero-order valence-electron chi connectivity index (χ0n) is 21.8. The van der Waals surface area contributed by atoms with Gasteiger partial charge in [0, 0.05) is 30.0 Å². The predicted molar refractivity (Wildman–Crippen MR) is 150 cm³/mol. The highest BCUT2D eigenvalue weighted by atomic mass is 79.9. The van der Waals surface area contributed by atoms with Crippen molar-refractivity contribution in [2.45, 2.75) is 52.0 Å². The van der Waals surface area contributed by atoms with E-state index in [4.69, 9.17) is 9.72 Å². The first-order valence-electron chi connectivity index (χ1n) is 12.9. The maximum atomic E-state index is 14.8. The van der Waals surface area contributed by atoms with Crippen molar-refractivity contribution in [1.29, 1.82) is 0 Å². The highest BCUT2D eigenvalue weighted by molar-refractivity contribution is 9.10. The molecule has 0 saturated carbocycles. The van der Waals surface area contributed by atoms with Crippen LogP contribution >= 0.6 is 15.9 Å². The number of nitrogens with zero attached hydrogens (tertiary/aromatic N) is 3. The first kappa shape index (κ1) is 27.0. The maximum Gasteiger partial charge on any atom is 0.324 e. The molecule has 1 aliphatic heterocycles. The van der Waals surface area contributed by atoms with E-state index in [1.807, 2.05) is 79.1 Å². The highest BCUT2D eigenvalue weighted by Gasteiger charge is 2.38. The van der Waals surface area contributed by atoms with E-state index >= 15 is 0 Å². The molecule has 0 amide bonds. The summed E-state index contributed by atoms with van der Waals surface area (Å²) < 4.78 is 23.0. The van der Waals surface area contributed by atoms with Crippen molar-refractivity contribution < 1.29 is 18.7 Å². The summed E-state index contributed by atoms with van der Waals surface area (Å²) in [5, 5.41) is 0. The Kier molecular flexibility index (Phi) is 8.04. The standard InChI is InChI=1S/C31H29BrFN3O3/c1-20(2)35-18-28-26(16-27(35)31(38)39-19-22-11-7-4-8-12-22)34-30(36(28)17-21-9-5-3-6-10-21)29(37)24-14-13-23(32)15-25(24)33/h3-15,20,27H,16-19H2,1-2H3/t27-/m0/s1. The lowest BCUT2D eigenvalue weighted by Crippen LogP contribution is -2.49. The second-order valence-electron chi connectivity index (χ2n) is 9.93. The zero-order chi connectivity index (χ0) is 27.5. The third-order valence-corrected chi connectivity index (χ3v) is 7.49. The van der Waals surface area contributed by atoms with E-state index in [0.717, 1.165) is 16.8 Å². The van der Waals surface area contributed by atoms with Gasteiger partial charge in [0.15, 0.2) is 5.82 Å². The average molecular weight is 590 g/mol. The number of rotatable bonds is 8. The van der Waals surface area contributed by atoms with Crippen LogP contribution in [0.15, 0.2) is 83.3 Å². The van der Waals surface area contributed by atoms with Crippen LogP contribution in [0, 0.1) is 5.82 Å². The molecular weight excluding hydrogens is 561 g/mol. The minimum atomic E-state index is -0.618. The van der Waals surface area contributed by atoms with Crippen LogP contribution < -0.4 is 0 Å². The number of halogens is 2. The first-order chi connectivity index (χ1) is 18.8. The van der Waals surface area contributed by atoms with Gasteiger partial charge in [0.25, 0.3) is 0 Å². The Hall–Kier alpha value is -3.62. The van der Waals surface area contributed by atoms with Crippen LogP contribution in [0.2, 0.25) is 0 Å². The number of benzene rings is 3. The molecule has 5 rings (SSSR count). The number of hydrogen-bond acceptors (Lipinski definition) is 5. The van der Waals surface area contributed by atoms with Gasteiger partial charge in [-0.15, -0.1) is 0 Å². The Morgan fingerprint density at radius 3 is 2.33 bits per heavy atom. The summed E-state index contributed by atoms with van der Waals surface area (Å²) in [5.74, 6) is -1.29. The topological polar surface area (TPSA) is 64.4 Å². The molecule has 0 bridgehead atoms. The minimum absolute atomic E-state index is 0.0376. The number of fused-ring (bicyclic) bond motifs is 1. The van der Waals surface area contributed by atoms with E-state index in [1.165, 1.54) is 12.1 Å². The summed E-state index contributed by atoms with van der Waals surface area (Å²) in [4.78, 5) is 33.8. The number of ether oxygens (including phenoxy) is 1. The molecule has 1 aliphatic rings. The molecule has 0 fully saturated rings. The summed E-state index contributed by atoms with van der Waals surface area (Å²) in [6.45, 7) is 5.06. The third kappa shape index (κ3) is 5.87. The van der Waals surface area contributed by atoms with E-state index in [-0.39, 0.29) is 30.0 Å². The second kappa shape index (κ2) is 11.6. The Labute approximate surface area is 235 Å². The van der Waals surface area contributed by atoms with Crippen molar-refractivity contribution in [2.75, 3.05) is 0 Å². The number of esters is 1. The normalized spacial score (nSPS) is 15.3. The van der Waals surface area contributed by atoms with Gasteiger partial charge in [-0.25, -0.2) is 9.37 Å². The summed E-state index contributed by atoms with van der Waals surface area (Å²) in [6.07, 6.45) is 0.298. The van der Waals surface area contributed by atoms with Crippen molar-refractivity contribution in [2.24, 2.45) is 0 Å². The second-order valence-corrected chi connectivity index (χ2v) is 10.8. The van der Waals surface area contributed by atoms with Crippen molar-refractivity contribution in [3.05, 3.63) is 123 Å². The first-order valence-corrected chi connectivity index (χ1v) is 13.7. The molecule has 0 spiro atoms. The van der Waals surface area contributed by atoms with E-state index in [0.29, 0.717) is 29.7 Å². The summed E-state index contributed by atoms with van der Waals surface area (Å²) >= 11 is 3.25. The minimum Gasteiger partial charge on any atom is -0.460 e. The van der Waals surface area contributed by atoms with Crippen molar-refractivity contribution in [3.8, 4) is 0 Å². The van der Waals surface area contributed by atoms with Gasteiger partial charge < -0.3 is 9.30 Å². The van der Waals surface area contributed by atoms with Gasteiger partial charge in [-0.2, -0.15) is 0 Å². The zero-order valence-corrected chi connectivity index (χ0v) is 23.4. The molecule has 0 N–H and O–H groups in total. The summed E-state index contributed by atoms with van der Waals surface area (Å²) in [5.41, 5.74) is 3.36. The lowest BCUT2D eigenvalue weighted by molar-refractivity contribution is -0.153. The van der Waals surface area contributed by atoms with Gasteiger partial charge in [0.2, 0.25) is 5.78 Å². The van der Waals surface area contributed by atoms with Gasteiger partial charge in [-0.1, -0.05) is 76.6 Å². The molecule has 0 radical (unpaired) electrons. The van der Waals surface area contributed by atoms with Crippen molar-refractivity contribution in [3.63, 3.8) is 0 Å². The Balaban J connectivity index is 1.51. The molecule has 200 valence electrons. The van der Waals surface area contributed by atoms with E-state index in [9.17, 15) is 14.0 Å². The number of imidazole rings is 1. The summed E-state index contributed by atoms with van der Waals surface area (Å²) in [7, 11) is 0. The molecule has 2 heterocycles. The molecule has 0 saturated heterocycles. The van der Waals surface area contributed by atoms with Gasteiger partial charge in [-0.05, 0) is 43.2 Å². The van der Waals surface area contributed by atoms with Crippen LogP contribution in [0.5, 0.6) is 0 Å². The van der Waals surface area contributed by atoms with Gasteiger partial charge in [-0.3, -0.25) is 14.5 Å². The molecule has 8 heteroatoms. The third-order valence-electron chi connectivity index (χ3n) is 7.00. The Bertz CT molecular complexity index is 1490. The van der Waals surface area contributed by atoms with E-state index in [1.54, 1.807) is 6.07 Å². The van der Waals surface area contributed by atoms with Crippen molar-refractivity contribution >= 4 is 27.7 Å². The van der Waals surface area contributed by atoms with E-state index in [2.05, 4.69) is 20.8 Å². The van der Waals surface area contributed by atoms with Gasteiger partial charge in [0.1, 0.15) is 18.5 Å². The largest absolute Gasteiger partial charge is 0.460 e. The molecule has 4 aromatic rings. The van der Waals surface area contributed by atoms with Crippen LogP contribution in [0.25, 0.3) is 0 Å². The molecule has 1 aromatic heterocycles. The van der Waals surface area contributed by atoms with Crippen LogP contribution in [0.3, 0.4) is 0 Å². The molecule has 1 atom stereocenters. The lowest BCUT2D eigenvalue weighted by Gasteiger charge is -2.37. The Morgan fingerprint density at radius 2 is 1.69 bits per heavy atom. The quantitative estimate of drug-likeness (QED) is 0.188. The summed E-state index contributed by atoms with van der Waals surface area (Å²) in [6, 6.07) is 23.2. The van der Waals surface area contributed by atoms with Crippen molar-refractivity contribution in [1.82, 2.24) is 14.5 Å². The number of hydrogen-bond donors (Lipinski definition) is 0. The average Bonchev–Trinajstić information content (AvgIpc) is 3.29. The molecule has 0 aliphatic carbocycles. The highest BCUT2D eigenvalue weighted by Crippen LogP contribution is 2.29. The molecular formula is C31H29BrFN3O3. The fourth-order valence-electron chi connectivity index (χ4n) is 4.95. The Morgan fingerprint density at radius 1 is 1.03 bits per heavy atom. The lowest BCUT2D eigenvalue weighted by atomic mass is 10.0. The smallest absolute Gasteiger partial charge is 0.324 e. The van der Waals surface area contributed by atoms with E-state index < -0.39 is 17.6 Å². The number of carbonyl (C=O) groups is 2. The van der Waals surface area contributed by atoms with Gasteiger partial charge >= 0.3 is 5.97 Å².